The third kappa shape index (κ3) is 3.43. The van der Waals surface area contributed by atoms with Gasteiger partial charge in [-0.15, -0.1) is 0 Å². The van der Waals surface area contributed by atoms with E-state index in [1.54, 1.807) is 0 Å². The average Bonchev–Trinajstić information content (AvgIpc) is 2.55. The molecule has 0 saturated carbocycles. The van der Waals surface area contributed by atoms with Gasteiger partial charge in [-0.3, -0.25) is 4.98 Å². The number of aromatic nitrogens is 1. The van der Waals surface area contributed by atoms with Crippen LogP contribution in [0.15, 0.2) is 66.9 Å². The topological polar surface area (TPSA) is 12.9 Å². The smallest absolute Gasteiger partial charge is 0.0796 e. The van der Waals surface area contributed by atoms with Gasteiger partial charge in [0.05, 0.1) is 13.8 Å². The van der Waals surface area contributed by atoms with Crippen molar-refractivity contribution in [1.82, 2.24) is 4.98 Å². The van der Waals surface area contributed by atoms with Gasteiger partial charge in [0.1, 0.15) is 0 Å². The summed E-state index contributed by atoms with van der Waals surface area (Å²) in [6, 6.07) is 21.5. The second-order valence-electron chi connectivity index (χ2n) is 7.08. The Morgan fingerprint density at radius 3 is 2.09 bits per heavy atom. The van der Waals surface area contributed by atoms with Crippen LogP contribution in [0.3, 0.4) is 0 Å². The third-order valence-electron chi connectivity index (χ3n) is 4.24. The van der Waals surface area contributed by atoms with E-state index < -0.39 is 8.07 Å². The fourth-order valence-electron chi connectivity index (χ4n) is 2.77. The van der Waals surface area contributed by atoms with Crippen LogP contribution < -0.4 is 5.19 Å². The van der Waals surface area contributed by atoms with Gasteiger partial charge in [-0.25, -0.2) is 0 Å². The van der Waals surface area contributed by atoms with Crippen molar-refractivity contribution in [3.8, 4) is 22.4 Å². The normalized spacial score (nSPS) is 11.5. The first-order valence-electron chi connectivity index (χ1n) is 8.08. The monoisotopic (exact) mass is 317 g/mol. The zero-order valence-corrected chi connectivity index (χ0v) is 15.3. The molecule has 0 aliphatic rings. The summed E-state index contributed by atoms with van der Waals surface area (Å²) >= 11 is 0. The molecule has 3 aromatic rings. The molecule has 0 aliphatic carbocycles. The molecule has 1 nitrogen and oxygen atoms in total. The van der Waals surface area contributed by atoms with Crippen LogP contribution in [0.1, 0.15) is 5.56 Å². The third-order valence-corrected chi connectivity index (χ3v) is 6.26. The van der Waals surface area contributed by atoms with Crippen LogP contribution in [-0.4, -0.2) is 13.1 Å². The fraction of sp³-hybridized carbons (Fsp3) is 0.190. The van der Waals surface area contributed by atoms with E-state index in [0.717, 1.165) is 5.69 Å². The molecule has 0 radical (unpaired) electrons. The molecule has 0 aliphatic heterocycles. The minimum atomic E-state index is -1.28. The molecular weight excluding hydrogens is 294 g/mol. The maximum Gasteiger partial charge on any atom is 0.0796 e. The maximum atomic E-state index is 4.69. The van der Waals surface area contributed by atoms with Crippen LogP contribution in [0.2, 0.25) is 19.6 Å². The summed E-state index contributed by atoms with van der Waals surface area (Å²) in [6.45, 7) is 9.22. The molecule has 0 atom stereocenters. The van der Waals surface area contributed by atoms with Crippen LogP contribution in [-0.2, 0) is 0 Å². The highest BCUT2D eigenvalue weighted by Gasteiger charge is 2.16. The predicted molar refractivity (Wildman–Crippen MR) is 103 cm³/mol. The van der Waals surface area contributed by atoms with Gasteiger partial charge in [-0.05, 0) is 40.9 Å². The molecule has 0 N–H and O–H groups in total. The Balaban J connectivity index is 1.94. The van der Waals surface area contributed by atoms with Gasteiger partial charge in [-0.2, -0.15) is 0 Å². The number of nitrogens with zero attached hydrogens (tertiary/aromatic N) is 1. The van der Waals surface area contributed by atoms with E-state index in [1.807, 2.05) is 0 Å². The molecule has 3 rings (SSSR count). The Labute approximate surface area is 140 Å². The largest absolute Gasteiger partial charge is 0.256 e. The molecule has 2 heteroatoms. The van der Waals surface area contributed by atoms with Crippen LogP contribution in [0.4, 0.5) is 0 Å². The van der Waals surface area contributed by atoms with Crippen molar-refractivity contribution in [2.24, 2.45) is 0 Å². The molecule has 116 valence electrons. The summed E-state index contributed by atoms with van der Waals surface area (Å²) in [7, 11) is -1.28. The van der Waals surface area contributed by atoms with Crippen molar-refractivity contribution >= 4 is 13.3 Å². The molecule has 2 aromatic carbocycles. The van der Waals surface area contributed by atoms with E-state index in [2.05, 4.69) is 93.4 Å². The van der Waals surface area contributed by atoms with Gasteiger partial charge < -0.3 is 0 Å². The highest BCUT2D eigenvalue weighted by Crippen LogP contribution is 2.27. The summed E-state index contributed by atoms with van der Waals surface area (Å²) in [5.41, 5.74) is 6.07. The zero-order valence-electron chi connectivity index (χ0n) is 14.3. The van der Waals surface area contributed by atoms with Gasteiger partial charge in [0, 0.05) is 11.8 Å². The SMILES string of the molecule is Cc1cc(-c2ccc([Si](C)(C)C)cn2)ccc1-c1ccccc1. The minimum absolute atomic E-state index is 1.05. The first-order valence-corrected chi connectivity index (χ1v) is 11.6. The van der Waals surface area contributed by atoms with Crippen molar-refractivity contribution in [3.05, 3.63) is 72.4 Å². The van der Waals surface area contributed by atoms with Crippen LogP contribution in [0.25, 0.3) is 22.4 Å². The molecular formula is C21H23NSi. The van der Waals surface area contributed by atoms with E-state index in [4.69, 9.17) is 4.98 Å². The second kappa shape index (κ2) is 6.13. The number of rotatable bonds is 3. The van der Waals surface area contributed by atoms with E-state index in [-0.39, 0.29) is 0 Å². The number of aryl methyl sites for hydroxylation is 1. The summed E-state index contributed by atoms with van der Waals surface area (Å²) in [6.07, 6.45) is 2.06. The van der Waals surface area contributed by atoms with Gasteiger partial charge in [-0.1, -0.05) is 68.2 Å². The standard InChI is InChI=1S/C21H23NSi/c1-16-14-18(10-12-20(16)17-8-6-5-7-9-17)21-13-11-19(15-22-21)23(2,3)4/h5-15H,1-4H3. The molecule has 1 heterocycles. The lowest BCUT2D eigenvalue weighted by atomic mass is 9.97. The summed E-state index contributed by atoms with van der Waals surface area (Å²) in [5.74, 6) is 0. The molecule has 0 bridgehead atoms. The molecule has 0 amide bonds. The maximum absolute atomic E-state index is 4.69. The van der Waals surface area contributed by atoms with Gasteiger partial charge in [0.25, 0.3) is 0 Å². The Bertz CT molecular complexity index is 799. The molecule has 0 spiro atoms. The van der Waals surface area contributed by atoms with Crippen molar-refractivity contribution in [3.63, 3.8) is 0 Å². The average molecular weight is 318 g/mol. The zero-order chi connectivity index (χ0) is 16.4. The quantitative estimate of drug-likeness (QED) is 0.600. The Morgan fingerprint density at radius 2 is 1.52 bits per heavy atom. The van der Waals surface area contributed by atoms with Gasteiger partial charge >= 0.3 is 0 Å². The number of hydrogen-bond acceptors (Lipinski definition) is 1. The van der Waals surface area contributed by atoms with E-state index in [0.29, 0.717) is 0 Å². The van der Waals surface area contributed by atoms with Gasteiger partial charge in [0.15, 0.2) is 0 Å². The number of benzene rings is 2. The van der Waals surface area contributed by atoms with Crippen LogP contribution in [0, 0.1) is 6.92 Å². The molecule has 0 fully saturated rings. The van der Waals surface area contributed by atoms with E-state index >= 15 is 0 Å². The Kier molecular flexibility index (Phi) is 4.18. The van der Waals surface area contributed by atoms with Crippen molar-refractivity contribution in [1.29, 1.82) is 0 Å². The summed E-state index contributed by atoms with van der Waals surface area (Å²) in [4.78, 5) is 4.69. The molecule has 0 saturated heterocycles. The van der Waals surface area contributed by atoms with Gasteiger partial charge in [0.2, 0.25) is 0 Å². The van der Waals surface area contributed by atoms with E-state index in [9.17, 15) is 0 Å². The predicted octanol–water partition coefficient (Wildman–Crippen LogP) is 5.27. The van der Waals surface area contributed by atoms with Crippen molar-refractivity contribution in [2.45, 2.75) is 26.6 Å². The molecule has 0 unspecified atom stereocenters. The second-order valence-corrected chi connectivity index (χ2v) is 12.2. The highest BCUT2D eigenvalue weighted by atomic mass is 28.3. The molecule has 1 aromatic heterocycles. The number of pyridine rings is 1. The lowest BCUT2D eigenvalue weighted by Gasteiger charge is -2.16. The van der Waals surface area contributed by atoms with Crippen molar-refractivity contribution < 1.29 is 0 Å². The first-order chi connectivity index (χ1) is 10.9. The first kappa shape index (κ1) is 15.7. The van der Waals surface area contributed by atoms with Crippen molar-refractivity contribution in [2.75, 3.05) is 0 Å². The minimum Gasteiger partial charge on any atom is -0.256 e. The highest BCUT2D eigenvalue weighted by molar-refractivity contribution is 6.88. The lowest BCUT2D eigenvalue weighted by Crippen LogP contribution is -2.37. The van der Waals surface area contributed by atoms with Crippen LogP contribution in [0.5, 0.6) is 0 Å². The van der Waals surface area contributed by atoms with E-state index in [1.165, 1.54) is 27.4 Å². The Morgan fingerprint density at radius 1 is 0.783 bits per heavy atom. The van der Waals surface area contributed by atoms with Crippen LogP contribution >= 0.6 is 0 Å². The summed E-state index contributed by atoms with van der Waals surface area (Å²) < 4.78 is 0. The Hall–Kier alpha value is -2.19. The lowest BCUT2D eigenvalue weighted by molar-refractivity contribution is 1.33. The molecule has 23 heavy (non-hydrogen) atoms. The summed E-state index contributed by atoms with van der Waals surface area (Å²) in [5, 5.41) is 1.40. The fourth-order valence-corrected chi connectivity index (χ4v) is 3.81. The number of hydrogen-bond donors (Lipinski definition) is 0.